The van der Waals surface area contributed by atoms with Crippen LogP contribution in [0.1, 0.15) is 5.69 Å². The molecule has 0 unspecified atom stereocenters. The maximum Gasteiger partial charge on any atom is 0.257 e. The molecule has 3 aromatic rings. The van der Waals surface area contributed by atoms with Gasteiger partial charge in [0.2, 0.25) is 0 Å². The summed E-state index contributed by atoms with van der Waals surface area (Å²) in [5, 5.41) is 2.82. The molecule has 1 heterocycles. The van der Waals surface area contributed by atoms with Crippen molar-refractivity contribution in [2.24, 2.45) is 0 Å². The van der Waals surface area contributed by atoms with Crippen LogP contribution in [0.4, 0.5) is 0 Å². The van der Waals surface area contributed by atoms with E-state index in [-0.39, 0.29) is 12.5 Å². The van der Waals surface area contributed by atoms with E-state index in [0.29, 0.717) is 24.5 Å². The number of hydrogen-bond donors (Lipinski definition) is 1. The predicted molar refractivity (Wildman–Crippen MR) is 99.4 cm³/mol. The van der Waals surface area contributed by atoms with E-state index >= 15 is 0 Å². The minimum Gasteiger partial charge on any atom is -0.484 e. The molecule has 26 heavy (non-hydrogen) atoms. The Morgan fingerprint density at radius 1 is 0.846 bits per heavy atom. The molecular weight excluding hydrogens is 328 g/mol. The number of rotatable bonds is 8. The van der Waals surface area contributed by atoms with Crippen molar-refractivity contribution >= 4 is 5.91 Å². The van der Waals surface area contributed by atoms with Crippen LogP contribution in [0.2, 0.25) is 0 Å². The monoisotopic (exact) mass is 348 g/mol. The first kappa shape index (κ1) is 17.5. The number of benzene rings is 2. The number of nitrogens with one attached hydrogen (secondary N) is 1. The van der Waals surface area contributed by atoms with Gasteiger partial charge in [0.15, 0.2) is 6.61 Å². The van der Waals surface area contributed by atoms with Gasteiger partial charge < -0.3 is 14.8 Å². The van der Waals surface area contributed by atoms with Gasteiger partial charge in [0.05, 0.1) is 0 Å². The molecule has 0 fully saturated rings. The number of aromatic nitrogens is 1. The molecule has 0 saturated heterocycles. The molecule has 1 aromatic heterocycles. The summed E-state index contributed by atoms with van der Waals surface area (Å²) in [6.07, 6.45) is 2.43. The lowest BCUT2D eigenvalue weighted by molar-refractivity contribution is -0.123. The zero-order valence-corrected chi connectivity index (χ0v) is 14.3. The summed E-state index contributed by atoms with van der Waals surface area (Å²) >= 11 is 0. The third-order valence-corrected chi connectivity index (χ3v) is 3.60. The Kier molecular flexibility index (Phi) is 6.20. The van der Waals surface area contributed by atoms with Crippen molar-refractivity contribution in [2.75, 3.05) is 13.2 Å². The van der Waals surface area contributed by atoms with Crippen molar-refractivity contribution < 1.29 is 14.3 Å². The molecule has 0 saturated carbocycles. The van der Waals surface area contributed by atoms with Crippen molar-refractivity contribution in [1.29, 1.82) is 0 Å². The Balaban J connectivity index is 1.39. The second-order valence-electron chi connectivity index (χ2n) is 5.60. The maximum atomic E-state index is 11.8. The number of carbonyl (C=O) groups excluding carboxylic acids is 1. The fourth-order valence-corrected chi connectivity index (χ4v) is 2.30. The van der Waals surface area contributed by atoms with Crippen molar-refractivity contribution in [3.05, 3.63) is 84.7 Å². The molecule has 132 valence electrons. The summed E-state index contributed by atoms with van der Waals surface area (Å²) in [6, 6.07) is 22.4. The highest BCUT2D eigenvalue weighted by molar-refractivity contribution is 5.77. The van der Waals surface area contributed by atoms with Gasteiger partial charge in [-0.3, -0.25) is 9.78 Å². The number of amides is 1. The maximum absolute atomic E-state index is 11.8. The standard InChI is InChI=1S/C21H20N2O3/c24-21(23-15-13-17-6-4-5-14-22-17)16-25-18-9-11-20(12-10-18)26-19-7-2-1-3-8-19/h1-12,14H,13,15-16H2,(H,23,24). The first-order valence-electron chi connectivity index (χ1n) is 8.42. The van der Waals surface area contributed by atoms with Crippen LogP contribution in [0.15, 0.2) is 79.0 Å². The summed E-state index contributed by atoms with van der Waals surface area (Å²) < 4.78 is 11.2. The van der Waals surface area contributed by atoms with Crippen LogP contribution in [-0.2, 0) is 11.2 Å². The van der Waals surface area contributed by atoms with Gasteiger partial charge in [0, 0.05) is 24.9 Å². The van der Waals surface area contributed by atoms with E-state index in [2.05, 4.69) is 10.3 Å². The molecule has 2 aromatic carbocycles. The van der Waals surface area contributed by atoms with Gasteiger partial charge in [0.1, 0.15) is 17.2 Å². The van der Waals surface area contributed by atoms with Crippen molar-refractivity contribution in [3.63, 3.8) is 0 Å². The molecule has 5 nitrogen and oxygen atoms in total. The number of pyridine rings is 1. The fourth-order valence-electron chi connectivity index (χ4n) is 2.30. The van der Waals surface area contributed by atoms with E-state index in [9.17, 15) is 4.79 Å². The molecule has 0 atom stereocenters. The number of carbonyl (C=O) groups is 1. The smallest absolute Gasteiger partial charge is 0.257 e. The molecule has 0 aliphatic rings. The van der Waals surface area contributed by atoms with Gasteiger partial charge in [-0.15, -0.1) is 0 Å². The average Bonchev–Trinajstić information content (AvgIpc) is 2.69. The summed E-state index contributed by atoms with van der Waals surface area (Å²) in [5.74, 6) is 1.94. The third-order valence-electron chi connectivity index (χ3n) is 3.60. The van der Waals surface area contributed by atoms with Gasteiger partial charge in [-0.1, -0.05) is 24.3 Å². The fraction of sp³-hybridized carbons (Fsp3) is 0.143. The average molecular weight is 348 g/mol. The zero-order valence-electron chi connectivity index (χ0n) is 14.3. The van der Waals surface area contributed by atoms with Crippen LogP contribution in [0.3, 0.4) is 0 Å². The molecule has 1 amide bonds. The normalized spacial score (nSPS) is 10.2. The van der Waals surface area contributed by atoms with Gasteiger partial charge in [-0.25, -0.2) is 0 Å². The van der Waals surface area contributed by atoms with Crippen LogP contribution in [0.25, 0.3) is 0 Å². The quantitative estimate of drug-likeness (QED) is 0.675. The van der Waals surface area contributed by atoms with Gasteiger partial charge >= 0.3 is 0 Å². The topological polar surface area (TPSA) is 60.5 Å². The van der Waals surface area contributed by atoms with E-state index in [1.54, 1.807) is 30.5 Å². The second-order valence-corrected chi connectivity index (χ2v) is 5.60. The van der Waals surface area contributed by atoms with Crippen LogP contribution in [0, 0.1) is 0 Å². The van der Waals surface area contributed by atoms with E-state index in [1.165, 1.54) is 0 Å². The van der Waals surface area contributed by atoms with E-state index in [1.807, 2.05) is 48.5 Å². The lowest BCUT2D eigenvalue weighted by Crippen LogP contribution is -2.30. The SMILES string of the molecule is O=C(COc1ccc(Oc2ccccc2)cc1)NCCc1ccccn1. The molecule has 5 heteroatoms. The molecule has 0 bridgehead atoms. The largest absolute Gasteiger partial charge is 0.484 e. The Labute approximate surface area is 152 Å². The Bertz CT molecular complexity index is 806. The molecule has 0 spiro atoms. The molecule has 3 rings (SSSR count). The van der Waals surface area contributed by atoms with Gasteiger partial charge in [-0.05, 0) is 48.5 Å². The highest BCUT2D eigenvalue weighted by Crippen LogP contribution is 2.23. The second kappa shape index (κ2) is 9.22. The van der Waals surface area contributed by atoms with Crippen molar-refractivity contribution in [1.82, 2.24) is 10.3 Å². The summed E-state index contributed by atoms with van der Waals surface area (Å²) in [7, 11) is 0. The van der Waals surface area contributed by atoms with Crippen molar-refractivity contribution in [2.45, 2.75) is 6.42 Å². The molecule has 0 radical (unpaired) electrons. The van der Waals surface area contributed by atoms with E-state index < -0.39 is 0 Å². The van der Waals surface area contributed by atoms with Crippen LogP contribution < -0.4 is 14.8 Å². The van der Waals surface area contributed by atoms with E-state index in [0.717, 1.165) is 11.4 Å². The first-order chi connectivity index (χ1) is 12.8. The number of ether oxygens (including phenoxy) is 2. The van der Waals surface area contributed by atoms with Gasteiger partial charge in [-0.2, -0.15) is 0 Å². The van der Waals surface area contributed by atoms with Crippen molar-refractivity contribution in [3.8, 4) is 17.2 Å². The summed E-state index contributed by atoms with van der Waals surface area (Å²) in [4.78, 5) is 16.0. The number of hydrogen-bond acceptors (Lipinski definition) is 4. The summed E-state index contributed by atoms with van der Waals surface area (Å²) in [5.41, 5.74) is 0.947. The Hall–Kier alpha value is -3.34. The number of para-hydroxylation sites is 1. The zero-order chi connectivity index (χ0) is 18.0. The molecule has 0 aliphatic carbocycles. The minimum atomic E-state index is -0.162. The van der Waals surface area contributed by atoms with Crippen LogP contribution in [0.5, 0.6) is 17.2 Å². The van der Waals surface area contributed by atoms with Gasteiger partial charge in [0.25, 0.3) is 5.91 Å². The molecule has 0 aliphatic heterocycles. The highest BCUT2D eigenvalue weighted by Gasteiger charge is 2.04. The van der Waals surface area contributed by atoms with Crippen LogP contribution >= 0.6 is 0 Å². The summed E-state index contributed by atoms with van der Waals surface area (Å²) in [6.45, 7) is 0.504. The Morgan fingerprint density at radius 3 is 2.27 bits per heavy atom. The minimum absolute atomic E-state index is 0.0267. The van der Waals surface area contributed by atoms with E-state index in [4.69, 9.17) is 9.47 Å². The predicted octanol–water partition coefficient (Wildman–Crippen LogP) is 3.61. The number of nitrogens with zero attached hydrogens (tertiary/aromatic N) is 1. The lowest BCUT2D eigenvalue weighted by atomic mass is 10.3. The first-order valence-corrected chi connectivity index (χ1v) is 8.42. The molecule has 1 N–H and O–H groups in total. The lowest BCUT2D eigenvalue weighted by Gasteiger charge is -2.09. The van der Waals surface area contributed by atoms with Crippen LogP contribution in [-0.4, -0.2) is 24.0 Å². The third kappa shape index (κ3) is 5.63. The molecular formula is C21H20N2O3. The highest BCUT2D eigenvalue weighted by atomic mass is 16.5. The Morgan fingerprint density at radius 2 is 1.54 bits per heavy atom.